The Bertz CT molecular complexity index is 1220. The molecule has 0 radical (unpaired) electrons. The van der Waals surface area contributed by atoms with Crippen molar-refractivity contribution in [3.63, 3.8) is 0 Å². The lowest BCUT2D eigenvalue weighted by Gasteiger charge is -2.15. The second-order valence-electron chi connectivity index (χ2n) is 6.53. The zero-order valence-electron chi connectivity index (χ0n) is 15.9. The molecule has 1 N–H and O–H groups in total. The van der Waals surface area contributed by atoms with E-state index < -0.39 is 34.8 Å². The molecule has 152 valence electrons. The Balaban J connectivity index is 1.75. The third kappa shape index (κ3) is 4.00. The van der Waals surface area contributed by atoms with Gasteiger partial charge >= 0.3 is 5.69 Å². The van der Waals surface area contributed by atoms with Crippen molar-refractivity contribution >= 4 is 16.9 Å². The van der Waals surface area contributed by atoms with E-state index in [2.05, 4.69) is 10.3 Å². The molecule has 8 nitrogen and oxygen atoms in total. The summed E-state index contributed by atoms with van der Waals surface area (Å²) in [5.74, 6) is -2.26. The predicted molar refractivity (Wildman–Crippen MR) is 101 cm³/mol. The van der Waals surface area contributed by atoms with Crippen molar-refractivity contribution in [2.24, 2.45) is 14.1 Å². The number of nitrogens with zero attached hydrogens (tertiary/aromatic N) is 3. The van der Waals surface area contributed by atoms with E-state index in [1.165, 1.54) is 30.8 Å². The Morgan fingerprint density at radius 1 is 1.17 bits per heavy atom. The molecule has 0 saturated carbocycles. The molecule has 0 saturated heterocycles. The summed E-state index contributed by atoms with van der Waals surface area (Å²) in [6, 6.07) is 5.19. The number of nitrogens with one attached hydrogen (secondary N) is 1. The molecule has 0 aliphatic heterocycles. The van der Waals surface area contributed by atoms with E-state index in [4.69, 9.17) is 4.74 Å². The number of halogens is 2. The topological polar surface area (TPSA) is 95.2 Å². The number of carbonyl (C=O) groups excluding carboxylic acids is 1. The number of benzene rings is 1. The molecule has 0 aliphatic rings. The molecule has 1 amide bonds. The fourth-order valence-electron chi connectivity index (χ4n) is 2.73. The van der Waals surface area contributed by atoms with E-state index in [1.54, 1.807) is 6.92 Å². The van der Waals surface area contributed by atoms with E-state index in [9.17, 15) is 23.2 Å². The Labute approximate surface area is 163 Å². The number of hydrogen-bond acceptors (Lipinski definition) is 5. The smallest absolute Gasteiger partial charge is 0.332 e. The van der Waals surface area contributed by atoms with E-state index in [0.29, 0.717) is 6.07 Å². The number of carbonyl (C=O) groups is 1. The molecule has 0 fully saturated rings. The van der Waals surface area contributed by atoms with Crippen LogP contribution in [0.25, 0.3) is 11.0 Å². The molecule has 3 aromatic rings. The van der Waals surface area contributed by atoms with Crippen molar-refractivity contribution in [1.82, 2.24) is 19.4 Å². The lowest BCUT2D eigenvalue weighted by atomic mass is 10.2. The van der Waals surface area contributed by atoms with Crippen LogP contribution in [-0.2, 0) is 14.1 Å². The molecule has 2 aromatic heterocycles. The van der Waals surface area contributed by atoms with Gasteiger partial charge < -0.3 is 10.1 Å². The van der Waals surface area contributed by atoms with Crippen LogP contribution in [0, 0.1) is 11.6 Å². The van der Waals surface area contributed by atoms with Gasteiger partial charge in [0, 0.05) is 20.2 Å². The van der Waals surface area contributed by atoms with Gasteiger partial charge in [-0.25, -0.2) is 18.6 Å². The molecule has 0 spiro atoms. The minimum atomic E-state index is -0.845. The Morgan fingerprint density at radius 3 is 2.59 bits per heavy atom. The van der Waals surface area contributed by atoms with Crippen LogP contribution in [0.15, 0.2) is 39.9 Å². The number of aromatic nitrogens is 3. The van der Waals surface area contributed by atoms with Crippen LogP contribution in [0.5, 0.6) is 5.75 Å². The van der Waals surface area contributed by atoms with Crippen molar-refractivity contribution in [2.75, 3.05) is 6.61 Å². The summed E-state index contributed by atoms with van der Waals surface area (Å²) in [5, 5.41) is 2.83. The number of fused-ring (bicyclic) bond motifs is 1. The van der Waals surface area contributed by atoms with Crippen molar-refractivity contribution < 1.29 is 18.3 Å². The minimum absolute atomic E-state index is 0.000524. The molecule has 3 rings (SSSR count). The van der Waals surface area contributed by atoms with E-state index >= 15 is 0 Å². The Kier molecular flexibility index (Phi) is 5.44. The van der Waals surface area contributed by atoms with Gasteiger partial charge in [-0.3, -0.25) is 18.7 Å². The molecular weight excluding hydrogens is 386 g/mol. The zero-order valence-corrected chi connectivity index (χ0v) is 15.9. The van der Waals surface area contributed by atoms with E-state index in [1.807, 2.05) is 0 Å². The minimum Gasteiger partial charge on any atom is -0.488 e. The van der Waals surface area contributed by atoms with Gasteiger partial charge in [0.25, 0.3) is 11.5 Å². The van der Waals surface area contributed by atoms with E-state index in [0.717, 1.165) is 16.7 Å². The first-order valence-electron chi connectivity index (χ1n) is 8.64. The van der Waals surface area contributed by atoms with Gasteiger partial charge in [-0.15, -0.1) is 0 Å². The maximum Gasteiger partial charge on any atom is 0.332 e. The van der Waals surface area contributed by atoms with Crippen molar-refractivity contribution in [1.29, 1.82) is 0 Å². The number of aryl methyl sites for hydroxylation is 1. The van der Waals surface area contributed by atoms with Gasteiger partial charge in [0.1, 0.15) is 23.8 Å². The molecule has 1 unspecified atom stereocenters. The molecule has 0 aliphatic carbocycles. The maximum atomic E-state index is 13.6. The molecular formula is C19H18F2N4O4. The monoisotopic (exact) mass is 404 g/mol. The SMILES string of the molecule is CC(COc1ccc(F)cc1F)NC(=O)c1ccc2c(=O)n(C)c(=O)n(C)c2n1. The number of pyridine rings is 1. The van der Waals surface area contributed by atoms with Gasteiger partial charge in [-0.1, -0.05) is 0 Å². The number of hydrogen-bond donors (Lipinski definition) is 1. The largest absolute Gasteiger partial charge is 0.488 e. The Morgan fingerprint density at radius 2 is 1.90 bits per heavy atom. The second-order valence-corrected chi connectivity index (χ2v) is 6.53. The van der Waals surface area contributed by atoms with E-state index in [-0.39, 0.29) is 29.1 Å². The average molecular weight is 404 g/mol. The van der Waals surface area contributed by atoms with Crippen LogP contribution in [0.1, 0.15) is 17.4 Å². The lowest BCUT2D eigenvalue weighted by molar-refractivity contribution is 0.0921. The first-order valence-corrected chi connectivity index (χ1v) is 8.64. The summed E-state index contributed by atoms with van der Waals surface area (Å²) in [6.07, 6.45) is 0. The highest BCUT2D eigenvalue weighted by molar-refractivity contribution is 5.94. The maximum absolute atomic E-state index is 13.6. The first-order chi connectivity index (χ1) is 13.7. The molecule has 0 bridgehead atoms. The van der Waals surface area contributed by atoms with Gasteiger partial charge in [-0.05, 0) is 31.2 Å². The van der Waals surface area contributed by atoms with Crippen molar-refractivity contribution in [3.05, 3.63) is 68.5 Å². The normalized spacial score (nSPS) is 12.0. The molecule has 1 aromatic carbocycles. The van der Waals surface area contributed by atoms with Crippen molar-refractivity contribution in [2.45, 2.75) is 13.0 Å². The van der Waals surface area contributed by atoms with Crippen LogP contribution in [0.2, 0.25) is 0 Å². The summed E-state index contributed by atoms with van der Waals surface area (Å²) in [7, 11) is 2.81. The fourth-order valence-corrected chi connectivity index (χ4v) is 2.73. The standard InChI is InChI=1S/C19H18F2N4O4/c1-10(9-29-15-7-4-11(20)8-13(15)21)22-17(26)14-6-5-12-16(23-14)24(2)19(28)25(3)18(12)27/h4-8,10H,9H2,1-3H3,(H,22,26). The molecule has 10 heteroatoms. The van der Waals surface area contributed by atoms with Gasteiger partial charge in [-0.2, -0.15) is 0 Å². The highest BCUT2D eigenvalue weighted by atomic mass is 19.1. The molecule has 1 atom stereocenters. The third-order valence-electron chi connectivity index (χ3n) is 4.29. The number of ether oxygens (including phenoxy) is 1. The number of amides is 1. The first kappa shape index (κ1) is 20.2. The van der Waals surface area contributed by atoms with Crippen LogP contribution in [0.4, 0.5) is 8.78 Å². The van der Waals surface area contributed by atoms with Crippen LogP contribution in [-0.4, -0.2) is 32.7 Å². The van der Waals surface area contributed by atoms with Gasteiger partial charge in [0.15, 0.2) is 11.6 Å². The highest BCUT2D eigenvalue weighted by Crippen LogP contribution is 2.17. The van der Waals surface area contributed by atoms with Crippen LogP contribution in [0.3, 0.4) is 0 Å². The molecule has 2 heterocycles. The van der Waals surface area contributed by atoms with Crippen LogP contribution < -0.4 is 21.3 Å². The summed E-state index contributed by atoms with van der Waals surface area (Å²) >= 11 is 0. The second kappa shape index (κ2) is 7.82. The summed E-state index contributed by atoms with van der Waals surface area (Å²) in [5.41, 5.74) is -0.982. The lowest BCUT2D eigenvalue weighted by Crippen LogP contribution is -2.39. The fraction of sp³-hybridized carbons (Fsp3) is 0.263. The Hall–Kier alpha value is -3.56. The van der Waals surface area contributed by atoms with Crippen LogP contribution >= 0.6 is 0 Å². The predicted octanol–water partition coefficient (Wildman–Crippen LogP) is 1.11. The van der Waals surface area contributed by atoms with Gasteiger partial charge in [0.2, 0.25) is 0 Å². The molecule has 29 heavy (non-hydrogen) atoms. The summed E-state index contributed by atoms with van der Waals surface area (Å²) < 4.78 is 33.9. The highest BCUT2D eigenvalue weighted by Gasteiger charge is 2.16. The zero-order chi connectivity index (χ0) is 21.3. The third-order valence-corrected chi connectivity index (χ3v) is 4.29. The summed E-state index contributed by atoms with van der Waals surface area (Å²) in [4.78, 5) is 40.8. The van der Waals surface area contributed by atoms with Crippen molar-refractivity contribution in [3.8, 4) is 5.75 Å². The summed E-state index contributed by atoms with van der Waals surface area (Å²) in [6.45, 7) is 1.56. The van der Waals surface area contributed by atoms with Gasteiger partial charge in [0.05, 0.1) is 11.4 Å². The quantitative estimate of drug-likeness (QED) is 0.687. The number of rotatable bonds is 5. The average Bonchev–Trinajstić information content (AvgIpc) is 2.69.